The molecular formula is C26H30N2O4. The highest BCUT2D eigenvalue weighted by Gasteiger charge is 2.10. The zero-order chi connectivity index (χ0) is 22.9. The zero-order valence-corrected chi connectivity index (χ0v) is 19.1. The summed E-state index contributed by atoms with van der Waals surface area (Å²) < 4.78 is 19.0. The summed E-state index contributed by atoms with van der Waals surface area (Å²) in [6.07, 6.45) is 5.15. The van der Waals surface area contributed by atoms with Gasteiger partial charge >= 0.3 is 0 Å². The largest absolute Gasteiger partial charge is 0.490 e. The Morgan fingerprint density at radius 2 is 1.78 bits per heavy atom. The average molecular weight is 435 g/mol. The molecule has 0 amide bonds. The van der Waals surface area contributed by atoms with Crippen LogP contribution in [0.25, 0.3) is 6.08 Å². The molecule has 0 fully saturated rings. The minimum atomic E-state index is -0.0636. The van der Waals surface area contributed by atoms with Crippen LogP contribution in [0.15, 0.2) is 54.7 Å². The van der Waals surface area contributed by atoms with E-state index < -0.39 is 0 Å². The van der Waals surface area contributed by atoms with E-state index in [9.17, 15) is 4.79 Å². The third-order valence-electron chi connectivity index (χ3n) is 4.83. The van der Waals surface area contributed by atoms with Crippen LogP contribution in [-0.4, -0.2) is 28.8 Å². The predicted molar refractivity (Wildman–Crippen MR) is 126 cm³/mol. The summed E-state index contributed by atoms with van der Waals surface area (Å²) >= 11 is 0. The number of allylic oxidation sites excluding steroid dienone is 1. The van der Waals surface area contributed by atoms with E-state index in [1.807, 2.05) is 70.2 Å². The number of ketones is 1. The number of hydrogen-bond acceptors (Lipinski definition) is 5. The summed E-state index contributed by atoms with van der Waals surface area (Å²) in [6, 6.07) is 13.5. The number of carbonyl (C=O) groups excluding carboxylic acids is 1. The van der Waals surface area contributed by atoms with Crippen LogP contribution in [0.5, 0.6) is 17.2 Å². The van der Waals surface area contributed by atoms with Crippen molar-refractivity contribution in [2.45, 2.75) is 40.8 Å². The summed E-state index contributed by atoms with van der Waals surface area (Å²) in [7, 11) is 0. The minimum Gasteiger partial charge on any atom is -0.490 e. The van der Waals surface area contributed by atoms with Crippen molar-refractivity contribution in [2.75, 3.05) is 13.2 Å². The molecule has 1 heterocycles. The molecule has 0 saturated heterocycles. The highest BCUT2D eigenvalue weighted by molar-refractivity contribution is 6.07. The minimum absolute atomic E-state index is 0.0636. The number of benzene rings is 2. The molecule has 0 spiro atoms. The van der Waals surface area contributed by atoms with Crippen molar-refractivity contribution in [1.82, 2.24) is 9.78 Å². The van der Waals surface area contributed by atoms with Crippen molar-refractivity contribution < 1.29 is 19.0 Å². The first-order chi connectivity index (χ1) is 15.5. The Balaban J connectivity index is 1.66. The van der Waals surface area contributed by atoms with Gasteiger partial charge in [0.15, 0.2) is 17.3 Å². The monoisotopic (exact) mass is 434 g/mol. The molecule has 6 heteroatoms. The van der Waals surface area contributed by atoms with Gasteiger partial charge in [-0.25, -0.2) is 0 Å². The maximum Gasteiger partial charge on any atom is 0.189 e. The molecule has 0 atom stereocenters. The Kier molecular flexibility index (Phi) is 8.08. The van der Waals surface area contributed by atoms with Gasteiger partial charge in [0.05, 0.1) is 24.5 Å². The number of hydrogen-bond donors (Lipinski definition) is 0. The fraction of sp³-hybridized carbons (Fsp3) is 0.308. The average Bonchev–Trinajstić information content (AvgIpc) is 3.19. The fourth-order valence-corrected chi connectivity index (χ4v) is 3.24. The maximum absolute atomic E-state index is 12.5. The molecule has 3 aromatic rings. The van der Waals surface area contributed by atoms with Crippen LogP contribution >= 0.6 is 0 Å². The summed E-state index contributed by atoms with van der Waals surface area (Å²) in [6.45, 7) is 10.0. The smallest absolute Gasteiger partial charge is 0.189 e. The van der Waals surface area contributed by atoms with E-state index in [1.165, 1.54) is 0 Å². The molecule has 0 saturated carbocycles. The number of aryl methyl sites for hydroxylation is 2. The van der Waals surface area contributed by atoms with Gasteiger partial charge in [-0.15, -0.1) is 0 Å². The Morgan fingerprint density at radius 1 is 1.00 bits per heavy atom. The van der Waals surface area contributed by atoms with Gasteiger partial charge in [-0.1, -0.05) is 24.3 Å². The summed E-state index contributed by atoms with van der Waals surface area (Å²) in [4.78, 5) is 12.5. The number of rotatable bonds is 11. The van der Waals surface area contributed by atoms with Gasteiger partial charge in [-0.05, 0) is 69.2 Å². The molecule has 0 aliphatic heterocycles. The highest BCUT2D eigenvalue weighted by atomic mass is 16.5. The van der Waals surface area contributed by atoms with Crippen LogP contribution in [0.3, 0.4) is 0 Å². The molecule has 2 aromatic carbocycles. The van der Waals surface area contributed by atoms with Gasteiger partial charge in [0.1, 0.15) is 12.4 Å². The lowest BCUT2D eigenvalue weighted by atomic mass is 10.1. The molecule has 0 bridgehead atoms. The second kappa shape index (κ2) is 11.2. The molecule has 0 aliphatic carbocycles. The highest BCUT2D eigenvalue weighted by Crippen LogP contribution is 2.29. The normalized spacial score (nSPS) is 11.0. The van der Waals surface area contributed by atoms with E-state index in [-0.39, 0.29) is 5.78 Å². The molecular weight excluding hydrogens is 404 g/mol. The van der Waals surface area contributed by atoms with Gasteiger partial charge in [0.25, 0.3) is 0 Å². The van der Waals surface area contributed by atoms with Gasteiger partial charge in [0, 0.05) is 12.7 Å². The number of nitrogens with zero attached hydrogens (tertiary/aromatic N) is 2. The Labute approximate surface area is 189 Å². The van der Waals surface area contributed by atoms with Crippen LogP contribution in [0.1, 0.15) is 48.0 Å². The maximum atomic E-state index is 12.5. The lowest BCUT2D eigenvalue weighted by Crippen LogP contribution is -2.01. The van der Waals surface area contributed by atoms with Gasteiger partial charge in [-0.2, -0.15) is 5.10 Å². The first-order valence-corrected chi connectivity index (χ1v) is 10.9. The third kappa shape index (κ3) is 6.00. The molecule has 0 aliphatic rings. The Bertz CT molecular complexity index is 1090. The van der Waals surface area contributed by atoms with Crippen molar-refractivity contribution in [3.05, 3.63) is 77.1 Å². The molecule has 0 N–H and O–H groups in total. The Morgan fingerprint density at radius 3 is 2.50 bits per heavy atom. The second-order valence-electron chi connectivity index (χ2n) is 7.19. The lowest BCUT2D eigenvalue weighted by Gasteiger charge is -2.13. The molecule has 0 radical (unpaired) electrons. The zero-order valence-electron chi connectivity index (χ0n) is 19.1. The molecule has 32 heavy (non-hydrogen) atoms. The van der Waals surface area contributed by atoms with Crippen molar-refractivity contribution in [3.63, 3.8) is 0 Å². The fourth-order valence-electron chi connectivity index (χ4n) is 3.24. The van der Waals surface area contributed by atoms with E-state index in [0.29, 0.717) is 31.1 Å². The third-order valence-corrected chi connectivity index (χ3v) is 4.83. The molecule has 168 valence electrons. The quantitative estimate of drug-likeness (QED) is 0.295. The van der Waals surface area contributed by atoms with Crippen LogP contribution < -0.4 is 14.2 Å². The van der Waals surface area contributed by atoms with Crippen molar-refractivity contribution in [2.24, 2.45) is 0 Å². The second-order valence-corrected chi connectivity index (χ2v) is 7.19. The summed E-state index contributed by atoms with van der Waals surface area (Å²) in [5.41, 5.74) is 3.23. The summed E-state index contributed by atoms with van der Waals surface area (Å²) in [5.74, 6) is 2.11. The predicted octanol–water partition coefficient (Wildman–Crippen LogP) is 5.48. The van der Waals surface area contributed by atoms with Gasteiger partial charge in [-0.3, -0.25) is 9.48 Å². The van der Waals surface area contributed by atoms with Crippen molar-refractivity contribution >= 4 is 11.9 Å². The number of aromatic nitrogens is 2. The van der Waals surface area contributed by atoms with E-state index >= 15 is 0 Å². The SMILES string of the molecule is CCOc1ccc(COc2cccc(/C=C/C(=O)c3cn(CC)nc3C)c2)cc1OCC. The van der Waals surface area contributed by atoms with Crippen LogP contribution in [0.4, 0.5) is 0 Å². The topological polar surface area (TPSA) is 62.6 Å². The first kappa shape index (κ1) is 23.1. The molecule has 1 aromatic heterocycles. The standard InChI is InChI=1S/C26H30N2O4/c1-5-28-17-23(19(4)27-28)24(29)13-11-20-9-8-10-22(15-20)32-18-21-12-14-25(30-6-2)26(16-21)31-7-3/h8-17H,5-7,18H2,1-4H3/b13-11+. The van der Waals surface area contributed by atoms with Crippen LogP contribution in [0, 0.1) is 6.92 Å². The Hall–Kier alpha value is -3.54. The molecule has 6 nitrogen and oxygen atoms in total. The van der Waals surface area contributed by atoms with Crippen molar-refractivity contribution in [3.8, 4) is 17.2 Å². The van der Waals surface area contributed by atoms with Crippen LogP contribution in [0.2, 0.25) is 0 Å². The van der Waals surface area contributed by atoms with E-state index in [4.69, 9.17) is 14.2 Å². The lowest BCUT2D eigenvalue weighted by molar-refractivity contribution is 0.104. The van der Waals surface area contributed by atoms with E-state index in [0.717, 1.165) is 34.9 Å². The van der Waals surface area contributed by atoms with Crippen molar-refractivity contribution in [1.29, 1.82) is 0 Å². The molecule has 3 rings (SSSR count). The van der Waals surface area contributed by atoms with E-state index in [1.54, 1.807) is 23.0 Å². The molecule has 0 unspecified atom stereocenters. The van der Waals surface area contributed by atoms with Gasteiger partial charge in [0.2, 0.25) is 0 Å². The van der Waals surface area contributed by atoms with Gasteiger partial charge < -0.3 is 14.2 Å². The summed E-state index contributed by atoms with van der Waals surface area (Å²) in [5, 5.41) is 4.33. The van der Waals surface area contributed by atoms with Crippen LogP contribution in [-0.2, 0) is 13.2 Å². The number of ether oxygens (including phenoxy) is 3. The first-order valence-electron chi connectivity index (χ1n) is 10.9. The number of carbonyl (C=O) groups is 1. The van der Waals surface area contributed by atoms with E-state index in [2.05, 4.69) is 5.10 Å².